The number of hydrogen-bond acceptors (Lipinski definition) is 5. The first-order valence-corrected chi connectivity index (χ1v) is 6.59. The summed E-state index contributed by atoms with van der Waals surface area (Å²) in [6.45, 7) is 2.24. The van der Waals surface area contributed by atoms with Crippen LogP contribution >= 0.6 is 0 Å². The van der Waals surface area contributed by atoms with E-state index >= 15 is 0 Å². The van der Waals surface area contributed by atoms with Crippen molar-refractivity contribution in [2.75, 3.05) is 11.4 Å². The first kappa shape index (κ1) is 13.3. The average Bonchev–Trinajstić information content (AvgIpc) is 2.91. The summed E-state index contributed by atoms with van der Waals surface area (Å²) in [5, 5.41) is 14.8. The number of nitro benzene ring substituents is 1. The molecule has 0 saturated carbocycles. The summed E-state index contributed by atoms with van der Waals surface area (Å²) in [5.74, 6) is -0.177. The Kier molecular flexibility index (Phi) is 3.17. The molecule has 0 spiro atoms. The third-order valence-electron chi connectivity index (χ3n) is 3.51. The quantitative estimate of drug-likeness (QED) is 0.625. The molecular weight excluding hydrogens is 274 g/mol. The van der Waals surface area contributed by atoms with Crippen LogP contribution in [0.2, 0.25) is 0 Å². The van der Waals surface area contributed by atoms with Gasteiger partial charge in [-0.1, -0.05) is 11.2 Å². The Balaban J connectivity index is 2.03. The van der Waals surface area contributed by atoms with E-state index in [2.05, 4.69) is 5.16 Å². The maximum Gasteiger partial charge on any atom is 0.296 e. The van der Waals surface area contributed by atoms with E-state index in [0.29, 0.717) is 36.3 Å². The van der Waals surface area contributed by atoms with Crippen molar-refractivity contribution in [3.63, 3.8) is 0 Å². The third kappa shape index (κ3) is 2.26. The van der Waals surface area contributed by atoms with E-state index in [1.807, 2.05) is 0 Å². The van der Waals surface area contributed by atoms with Gasteiger partial charge in [0.2, 0.25) is 5.76 Å². The lowest BCUT2D eigenvalue weighted by molar-refractivity contribution is -0.385. The summed E-state index contributed by atoms with van der Waals surface area (Å²) in [6, 6.07) is 6.34. The highest BCUT2D eigenvalue weighted by molar-refractivity contribution is 6.05. The third-order valence-corrected chi connectivity index (χ3v) is 3.51. The molecule has 1 aromatic carbocycles. The minimum Gasteiger partial charge on any atom is -0.351 e. The lowest BCUT2D eigenvalue weighted by atomic mass is 9.99. The van der Waals surface area contributed by atoms with Crippen molar-refractivity contribution in [2.24, 2.45) is 0 Å². The molecule has 21 heavy (non-hydrogen) atoms. The second-order valence-electron chi connectivity index (χ2n) is 4.92. The van der Waals surface area contributed by atoms with Gasteiger partial charge in [-0.15, -0.1) is 0 Å². The van der Waals surface area contributed by atoms with Crippen molar-refractivity contribution in [3.05, 3.63) is 51.4 Å². The molecule has 3 rings (SSSR count). The number of aryl methyl sites for hydroxylation is 1. The molecule has 108 valence electrons. The van der Waals surface area contributed by atoms with Crippen LogP contribution in [0, 0.1) is 17.0 Å². The number of nitro groups is 1. The van der Waals surface area contributed by atoms with Crippen LogP contribution in [0.5, 0.6) is 0 Å². The Morgan fingerprint density at radius 3 is 2.95 bits per heavy atom. The van der Waals surface area contributed by atoms with Gasteiger partial charge in [-0.3, -0.25) is 14.9 Å². The van der Waals surface area contributed by atoms with Gasteiger partial charge in [-0.25, -0.2) is 0 Å². The van der Waals surface area contributed by atoms with Crippen LogP contribution in [0.3, 0.4) is 0 Å². The number of carbonyl (C=O) groups is 1. The molecule has 0 atom stereocenters. The molecule has 0 radical (unpaired) electrons. The van der Waals surface area contributed by atoms with Crippen molar-refractivity contribution < 1.29 is 14.2 Å². The second-order valence-corrected chi connectivity index (χ2v) is 4.92. The molecule has 7 heteroatoms. The normalized spacial score (nSPS) is 13.9. The number of aromatic nitrogens is 1. The van der Waals surface area contributed by atoms with E-state index < -0.39 is 4.92 Å². The summed E-state index contributed by atoms with van der Waals surface area (Å²) < 4.78 is 5.00. The van der Waals surface area contributed by atoms with Gasteiger partial charge in [0.1, 0.15) is 0 Å². The minimum atomic E-state index is -0.411. The number of nitrogens with zero attached hydrogens (tertiary/aromatic N) is 3. The maximum absolute atomic E-state index is 12.5. The molecule has 0 unspecified atom stereocenters. The summed E-state index contributed by atoms with van der Waals surface area (Å²) in [4.78, 5) is 24.7. The van der Waals surface area contributed by atoms with Gasteiger partial charge < -0.3 is 9.42 Å². The number of amides is 1. The van der Waals surface area contributed by atoms with E-state index in [1.165, 1.54) is 11.0 Å². The standard InChI is InChI=1S/C14H13N3O4/c1-9-8-13(21-15-9)14(18)16-7-3-4-10-11(16)5-2-6-12(10)17(19)20/h2,5-6,8H,3-4,7H2,1H3. The minimum absolute atomic E-state index is 0.0544. The molecule has 7 nitrogen and oxygen atoms in total. The van der Waals surface area contributed by atoms with Crippen LogP contribution in [-0.2, 0) is 6.42 Å². The van der Waals surface area contributed by atoms with Crippen LogP contribution < -0.4 is 4.90 Å². The summed E-state index contributed by atoms with van der Waals surface area (Å²) in [7, 11) is 0. The van der Waals surface area contributed by atoms with Crippen molar-refractivity contribution in [2.45, 2.75) is 19.8 Å². The predicted molar refractivity (Wildman–Crippen MR) is 74.3 cm³/mol. The molecule has 1 amide bonds. The fraction of sp³-hybridized carbons (Fsp3) is 0.286. The van der Waals surface area contributed by atoms with Gasteiger partial charge in [-0.2, -0.15) is 0 Å². The molecule has 1 aliphatic rings. The van der Waals surface area contributed by atoms with Crippen molar-refractivity contribution in [1.29, 1.82) is 0 Å². The van der Waals surface area contributed by atoms with Crippen molar-refractivity contribution in [1.82, 2.24) is 5.16 Å². The molecule has 0 aliphatic carbocycles. The summed E-state index contributed by atoms with van der Waals surface area (Å²) in [5.41, 5.74) is 1.85. The topological polar surface area (TPSA) is 89.5 Å². The fourth-order valence-electron chi connectivity index (χ4n) is 2.59. The average molecular weight is 287 g/mol. The lowest BCUT2D eigenvalue weighted by Gasteiger charge is -2.28. The number of carbonyl (C=O) groups excluding carboxylic acids is 1. The molecule has 1 aliphatic heterocycles. The zero-order valence-corrected chi connectivity index (χ0v) is 11.4. The fourth-order valence-corrected chi connectivity index (χ4v) is 2.59. The highest BCUT2D eigenvalue weighted by atomic mass is 16.6. The van der Waals surface area contributed by atoms with E-state index in [4.69, 9.17) is 4.52 Å². The first-order chi connectivity index (χ1) is 10.1. The van der Waals surface area contributed by atoms with Crippen LogP contribution in [0.1, 0.15) is 28.2 Å². The molecule has 1 aromatic heterocycles. The predicted octanol–water partition coefficient (Wildman–Crippen LogP) is 2.48. The van der Waals surface area contributed by atoms with Crippen LogP contribution in [0.4, 0.5) is 11.4 Å². The van der Waals surface area contributed by atoms with Crippen LogP contribution in [0.15, 0.2) is 28.8 Å². The molecule has 0 bridgehead atoms. The Bertz CT molecular complexity index is 723. The number of benzene rings is 1. The van der Waals surface area contributed by atoms with Gasteiger partial charge >= 0.3 is 0 Å². The van der Waals surface area contributed by atoms with Gasteiger partial charge in [0.25, 0.3) is 11.6 Å². The van der Waals surface area contributed by atoms with E-state index in [-0.39, 0.29) is 17.4 Å². The lowest BCUT2D eigenvalue weighted by Crippen LogP contribution is -2.35. The summed E-state index contributed by atoms with van der Waals surface area (Å²) in [6.07, 6.45) is 1.27. The van der Waals surface area contributed by atoms with Crippen LogP contribution in [0.25, 0.3) is 0 Å². The molecule has 2 heterocycles. The van der Waals surface area contributed by atoms with E-state index in [0.717, 1.165) is 0 Å². The van der Waals surface area contributed by atoms with E-state index in [9.17, 15) is 14.9 Å². The smallest absolute Gasteiger partial charge is 0.296 e. The zero-order valence-electron chi connectivity index (χ0n) is 11.4. The molecule has 0 saturated heterocycles. The molecule has 2 aromatic rings. The van der Waals surface area contributed by atoms with E-state index in [1.54, 1.807) is 25.1 Å². The number of hydrogen-bond donors (Lipinski definition) is 0. The number of rotatable bonds is 2. The van der Waals surface area contributed by atoms with Crippen molar-refractivity contribution >= 4 is 17.3 Å². The van der Waals surface area contributed by atoms with Gasteiger partial charge in [0, 0.05) is 18.7 Å². The Morgan fingerprint density at radius 2 is 2.29 bits per heavy atom. The second kappa shape index (κ2) is 5.01. The first-order valence-electron chi connectivity index (χ1n) is 6.59. The largest absolute Gasteiger partial charge is 0.351 e. The highest BCUT2D eigenvalue weighted by Gasteiger charge is 2.30. The maximum atomic E-state index is 12.5. The van der Waals surface area contributed by atoms with Crippen LogP contribution in [-0.4, -0.2) is 22.5 Å². The van der Waals surface area contributed by atoms with Gasteiger partial charge in [0.15, 0.2) is 0 Å². The highest BCUT2D eigenvalue weighted by Crippen LogP contribution is 2.34. The van der Waals surface area contributed by atoms with Gasteiger partial charge in [-0.05, 0) is 25.8 Å². The van der Waals surface area contributed by atoms with Gasteiger partial charge in [0.05, 0.1) is 21.9 Å². The number of fused-ring (bicyclic) bond motifs is 1. The molecule has 0 fully saturated rings. The monoisotopic (exact) mass is 287 g/mol. The molecular formula is C14H13N3O4. The molecule has 0 N–H and O–H groups in total. The Labute approximate surface area is 120 Å². The Morgan fingerprint density at radius 1 is 1.48 bits per heavy atom. The number of anilines is 1. The van der Waals surface area contributed by atoms with Crippen molar-refractivity contribution in [3.8, 4) is 0 Å². The Hall–Kier alpha value is -2.70. The zero-order chi connectivity index (χ0) is 15.0. The SMILES string of the molecule is Cc1cc(C(=O)N2CCCc3c2cccc3[N+](=O)[O-])on1. The summed E-state index contributed by atoms with van der Waals surface area (Å²) >= 11 is 0.